The van der Waals surface area contributed by atoms with Crippen molar-refractivity contribution in [3.8, 4) is 0 Å². The number of carbonyl (C=O) groups is 2. The summed E-state index contributed by atoms with van der Waals surface area (Å²) >= 11 is 0. The van der Waals surface area contributed by atoms with Crippen molar-refractivity contribution in [1.29, 1.82) is 0 Å². The summed E-state index contributed by atoms with van der Waals surface area (Å²) in [4.78, 5) is 36.8. The Hall–Kier alpha value is -4.41. The number of carbonyl (C=O) groups excluding carboxylic acids is 2. The topological polar surface area (TPSA) is 114 Å². The molecule has 1 aliphatic rings. The van der Waals surface area contributed by atoms with Gasteiger partial charge in [0.1, 0.15) is 17.6 Å². The van der Waals surface area contributed by atoms with E-state index >= 15 is 0 Å². The number of nitro groups is 1. The van der Waals surface area contributed by atoms with Crippen LogP contribution in [0.3, 0.4) is 0 Å². The van der Waals surface area contributed by atoms with Gasteiger partial charge in [-0.15, -0.1) is 0 Å². The van der Waals surface area contributed by atoms with Crippen LogP contribution in [0.4, 0.5) is 24.5 Å². The van der Waals surface area contributed by atoms with Crippen LogP contribution in [-0.4, -0.2) is 21.7 Å². The molecule has 0 radical (unpaired) electrons. The van der Waals surface area contributed by atoms with Crippen molar-refractivity contribution in [2.24, 2.45) is 0 Å². The van der Waals surface area contributed by atoms with E-state index in [9.17, 15) is 38.0 Å². The molecule has 1 saturated heterocycles. The zero-order valence-electron chi connectivity index (χ0n) is 16.4. The lowest BCUT2D eigenvalue weighted by Crippen LogP contribution is -2.29. The van der Waals surface area contributed by atoms with Gasteiger partial charge in [-0.1, -0.05) is 6.07 Å². The summed E-state index contributed by atoms with van der Waals surface area (Å²) in [6.07, 6.45) is -3.45. The van der Waals surface area contributed by atoms with Crippen LogP contribution in [0.15, 0.2) is 76.9 Å². The van der Waals surface area contributed by atoms with E-state index in [0.717, 1.165) is 29.2 Å². The number of hydrogen-bond donors (Lipinski definition) is 1. The molecule has 0 saturated carbocycles. The Morgan fingerprint density at radius 1 is 1.06 bits per heavy atom. The lowest BCUT2D eigenvalue weighted by Gasteiger charge is -2.24. The molecule has 1 amide bonds. The Kier molecular flexibility index (Phi) is 5.24. The summed E-state index contributed by atoms with van der Waals surface area (Å²) < 4.78 is 45.0. The van der Waals surface area contributed by atoms with Crippen LogP contribution in [0.1, 0.15) is 22.9 Å². The van der Waals surface area contributed by atoms with Gasteiger partial charge in [-0.3, -0.25) is 24.6 Å². The van der Waals surface area contributed by atoms with Crippen molar-refractivity contribution in [3.63, 3.8) is 0 Å². The SMILES string of the molecule is O=C1C(=O)N(c2cccc(C(F)(F)F)c2)C(c2ccco2)/C1=C(/O)c1ccc([N+](=O)[O-])cc1. The minimum Gasteiger partial charge on any atom is -0.507 e. The Balaban J connectivity index is 1.89. The first kappa shape index (κ1) is 21.8. The minimum absolute atomic E-state index is 0.000742. The number of hydrogen-bond acceptors (Lipinski definition) is 6. The summed E-state index contributed by atoms with van der Waals surface area (Å²) in [6, 6.07) is 9.90. The van der Waals surface area contributed by atoms with Gasteiger partial charge in [0, 0.05) is 23.4 Å². The first-order chi connectivity index (χ1) is 15.6. The van der Waals surface area contributed by atoms with E-state index in [1.54, 1.807) is 0 Å². The fraction of sp³-hybridized carbons (Fsp3) is 0.0909. The Morgan fingerprint density at radius 2 is 1.76 bits per heavy atom. The highest BCUT2D eigenvalue weighted by Gasteiger charge is 2.48. The molecule has 1 N–H and O–H groups in total. The molecule has 8 nitrogen and oxygen atoms in total. The quantitative estimate of drug-likeness (QED) is 0.197. The molecule has 168 valence electrons. The molecule has 1 aromatic heterocycles. The number of amides is 1. The molecule has 0 spiro atoms. The minimum atomic E-state index is -4.69. The first-order valence-corrected chi connectivity index (χ1v) is 9.36. The number of rotatable bonds is 4. The van der Waals surface area contributed by atoms with Gasteiger partial charge >= 0.3 is 6.18 Å². The largest absolute Gasteiger partial charge is 0.507 e. The molecule has 1 aliphatic heterocycles. The summed E-state index contributed by atoms with van der Waals surface area (Å²) in [5.41, 5.74) is -1.95. The van der Waals surface area contributed by atoms with Crippen LogP contribution in [0.2, 0.25) is 0 Å². The maximum absolute atomic E-state index is 13.2. The fourth-order valence-electron chi connectivity index (χ4n) is 3.54. The number of alkyl halides is 3. The summed E-state index contributed by atoms with van der Waals surface area (Å²) in [5, 5.41) is 21.7. The van der Waals surface area contributed by atoms with Gasteiger partial charge in [0.25, 0.3) is 17.4 Å². The van der Waals surface area contributed by atoms with Crippen LogP contribution >= 0.6 is 0 Å². The Labute approximate surface area is 183 Å². The van der Waals surface area contributed by atoms with E-state index in [0.29, 0.717) is 6.07 Å². The summed E-state index contributed by atoms with van der Waals surface area (Å²) in [7, 11) is 0. The summed E-state index contributed by atoms with van der Waals surface area (Å²) in [5.74, 6) is -2.95. The zero-order valence-corrected chi connectivity index (χ0v) is 16.4. The van der Waals surface area contributed by atoms with Gasteiger partial charge in [-0.25, -0.2) is 0 Å². The van der Waals surface area contributed by atoms with Gasteiger partial charge in [-0.05, 0) is 42.5 Å². The third-order valence-electron chi connectivity index (χ3n) is 5.06. The second kappa shape index (κ2) is 7.93. The van der Waals surface area contributed by atoms with Gasteiger partial charge in [0.15, 0.2) is 0 Å². The average Bonchev–Trinajstić information content (AvgIpc) is 3.40. The second-order valence-corrected chi connectivity index (χ2v) is 7.04. The molecule has 1 fully saturated rings. The average molecular weight is 458 g/mol. The maximum Gasteiger partial charge on any atom is 0.416 e. The van der Waals surface area contributed by atoms with Crippen molar-refractivity contribution in [2.45, 2.75) is 12.2 Å². The summed E-state index contributed by atoms with van der Waals surface area (Å²) in [6.45, 7) is 0. The van der Waals surface area contributed by atoms with E-state index in [1.165, 1.54) is 36.6 Å². The predicted molar refractivity (Wildman–Crippen MR) is 108 cm³/mol. The van der Waals surface area contributed by atoms with Crippen molar-refractivity contribution in [3.05, 3.63) is 99.5 Å². The number of aliphatic hydroxyl groups is 1. The van der Waals surface area contributed by atoms with Gasteiger partial charge in [-0.2, -0.15) is 13.2 Å². The molecule has 0 bridgehead atoms. The van der Waals surface area contributed by atoms with E-state index in [2.05, 4.69) is 0 Å². The monoisotopic (exact) mass is 458 g/mol. The van der Waals surface area contributed by atoms with Crippen LogP contribution in [0.25, 0.3) is 5.76 Å². The molecular formula is C22H13F3N2O6. The maximum atomic E-state index is 13.2. The van der Waals surface area contributed by atoms with Crippen LogP contribution in [0.5, 0.6) is 0 Å². The number of Topliss-reactive ketones (excluding diaryl/α,β-unsaturated/α-hetero) is 1. The molecule has 4 rings (SSSR count). The number of ketones is 1. The van der Waals surface area contributed by atoms with Gasteiger partial charge in [0.05, 0.1) is 22.3 Å². The lowest BCUT2D eigenvalue weighted by molar-refractivity contribution is -0.384. The van der Waals surface area contributed by atoms with Crippen molar-refractivity contribution in [2.75, 3.05) is 4.90 Å². The number of non-ortho nitro benzene ring substituents is 1. The lowest BCUT2D eigenvalue weighted by atomic mass is 9.99. The Bertz CT molecular complexity index is 1280. The second-order valence-electron chi connectivity index (χ2n) is 7.04. The number of nitrogens with zero attached hydrogens (tertiary/aromatic N) is 2. The predicted octanol–water partition coefficient (Wildman–Crippen LogP) is 4.83. The van der Waals surface area contributed by atoms with Gasteiger partial charge < -0.3 is 9.52 Å². The standard InChI is InChI=1S/C22H13F3N2O6/c23-22(24,25)13-3-1-4-15(11-13)26-18(16-5-2-10-33-16)17(20(29)21(26)30)19(28)12-6-8-14(9-7-12)27(31)32/h1-11,18,28H/b19-17-. The van der Waals surface area contributed by atoms with Crippen molar-refractivity contribution >= 4 is 28.8 Å². The number of aliphatic hydroxyl groups excluding tert-OH is 1. The third-order valence-corrected chi connectivity index (χ3v) is 5.06. The number of benzene rings is 2. The molecular weight excluding hydrogens is 445 g/mol. The highest BCUT2D eigenvalue weighted by atomic mass is 19.4. The van der Waals surface area contributed by atoms with E-state index in [-0.39, 0.29) is 22.7 Å². The van der Waals surface area contributed by atoms with E-state index in [1.807, 2.05) is 0 Å². The molecule has 2 aromatic carbocycles. The molecule has 1 unspecified atom stereocenters. The zero-order chi connectivity index (χ0) is 23.9. The molecule has 0 aliphatic carbocycles. The molecule has 1 atom stereocenters. The smallest absolute Gasteiger partial charge is 0.416 e. The molecule has 33 heavy (non-hydrogen) atoms. The van der Waals surface area contributed by atoms with Crippen LogP contribution in [0, 0.1) is 10.1 Å². The Morgan fingerprint density at radius 3 is 2.33 bits per heavy atom. The molecule has 3 aromatic rings. The van der Waals surface area contributed by atoms with Crippen molar-refractivity contribution < 1.29 is 37.2 Å². The first-order valence-electron chi connectivity index (χ1n) is 9.36. The third kappa shape index (κ3) is 3.84. The number of nitro benzene ring substituents is 1. The molecule has 11 heteroatoms. The normalized spacial score (nSPS) is 18.0. The highest BCUT2D eigenvalue weighted by Crippen LogP contribution is 2.43. The van der Waals surface area contributed by atoms with E-state index < -0.39 is 45.7 Å². The number of anilines is 1. The fourth-order valence-corrected chi connectivity index (χ4v) is 3.54. The number of halogens is 3. The van der Waals surface area contributed by atoms with Crippen molar-refractivity contribution in [1.82, 2.24) is 0 Å². The van der Waals surface area contributed by atoms with Crippen LogP contribution < -0.4 is 4.90 Å². The van der Waals surface area contributed by atoms with Crippen LogP contribution in [-0.2, 0) is 15.8 Å². The van der Waals surface area contributed by atoms with E-state index in [4.69, 9.17) is 4.42 Å². The van der Waals surface area contributed by atoms with Gasteiger partial charge in [0.2, 0.25) is 0 Å². The number of furan rings is 1. The molecule has 2 heterocycles. The highest BCUT2D eigenvalue weighted by molar-refractivity contribution is 6.51.